The number of hydrogen-bond acceptors (Lipinski definition) is 4. The van der Waals surface area contributed by atoms with Gasteiger partial charge < -0.3 is 9.64 Å². The van der Waals surface area contributed by atoms with Crippen LogP contribution in [0.15, 0.2) is 30.3 Å². The van der Waals surface area contributed by atoms with Gasteiger partial charge in [0.2, 0.25) is 5.91 Å². The highest BCUT2D eigenvalue weighted by Gasteiger charge is 2.36. The lowest BCUT2D eigenvalue weighted by Crippen LogP contribution is -2.45. The minimum atomic E-state index is -0.394. The van der Waals surface area contributed by atoms with E-state index in [1.165, 1.54) is 0 Å². The molecule has 0 aromatic heterocycles. The lowest BCUT2D eigenvalue weighted by atomic mass is 9.99. The summed E-state index contributed by atoms with van der Waals surface area (Å²) in [5.74, 6) is 1.89. The maximum atomic E-state index is 12.6. The van der Waals surface area contributed by atoms with E-state index in [1.54, 1.807) is 4.90 Å². The molecule has 0 bridgehead atoms. The zero-order valence-corrected chi connectivity index (χ0v) is 14.8. The van der Waals surface area contributed by atoms with Crippen molar-refractivity contribution in [2.24, 2.45) is 5.92 Å². The van der Waals surface area contributed by atoms with Crippen molar-refractivity contribution in [2.45, 2.75) is 18.9 Å². The predicted octanol–water partition coefficient (Wildman–Crippen LogP) is 2.78. The molecule has 130 valence electrons. The summed E-state index contributed by atoms with van der Waals surface area (Å²) in [6.07, 6.45) is 3.84. The van der Waals surface area contributed by atoms with Crippen molar-refractivity contribution in [2.75, 3.05) is 38.2 Å². The van der Waals surface area contributed by atoms with Gasteiger partial charge >= 0.3 is 6.09 Å². The number of thioether (sulfide) groups is 1. The summed E-state index contributed by atoms with van der Waals surface area (Å²) in [7, 11) is 0. The Morgan fingerprint density at radius 2 is 1.96 bits per heavy atom. The molecule has 2 saturated heterocycles. The van der Waals surface area contributed by atoms with E-state index in [2.05, 4.69) is 6.26 Å². The first-order valence-electron chi connectivity index (χ1n) is 8.44. The third kappa shape index (κ3) is 3.86. The number of hydrogen-bond donors (Lipinski definition) is 0. The number of carbonyl (C=O) groups is 2. The van der Waals surface area contributed by atoms with Crippen LogP contribution in [-0.4, -0.2) is 60.1 Å². The van der Waals surface area contributed by atoms with Gasteiger partial charge in [0.05, 0.1) is 6.04 Å². The Bertz CT molecular complexity index is 573. The molecule has 24 heavy (non-hydrogen) atoms. The number of ether oxygens (including phenoxy) is 1. The summed E-state index contributed by atoms with van der Waals surface area (Å²) in [6.45, 7) is 2.00. The fraction of sp³-hybridized carbons (Fsp3) is 0.556. The molecular weight excluding hydrogens is 324 g/mol. The third-order valence-electron chi connectivity index (χ3n) is 4.83. The second-order valence-electron chi connectivity index (χ2n) is 6.41. The summed E-state index contributed by atoms with van der Waals surface area (Å²) in [5, 5.41) is 0. The van der Waals surface area contributed by atoms with Gasteiger partial charge in [-0.1, -0.05) is 30.3 Å². The lowest BCUT2D eigenvalue weighted by molar-refractivity contribution is -0.133. The van der Waals surface area contributed by atoms with Crippen LogP contribution in [0.5, 0.6) is 0 Å². The zero-order chi connectivity index (χ0) is 16.9. The first-order chi connectivity index (χ1) is 11.7. The fourth-order valence-electron chi connectivity index (χ4n) is 3.41. The number of benzene rings is 1. The van der Waals surface area contributed by atoms with Gasteiger partial charge in [-0.05, 0) is 36.3 Å². The van der Waals surface area contributed by atoms with E-state index in [0.29, 0.717) is 12.5 Å². The lowest BCUT2D eigenvalue weighted by Gasteiger charge is -2.33. The van der Waals surface area contributed by atoms with E-state index in [0.717, 1.165) is 37.2 Å². The summed E-state index contributed by atoms with van der Waals surface area (Å²) in [5.41, 5.74) is 1.01. The molecule has 0 saturated carbocycles. The Kier molecular flexibility index (Phi) is 5.66. The molecule has 1 atom stereocenters. The summed E-state index contributed by atoms with van der Waals surface area (Å²) >= 11 is 1.87. The van der Waals surface area contributed by atoms with Crippen LogP contribution in [0.1, 0.15) is 24.4 Å². The fourth-order valence-corrected chi connectivity index (χ4v) is 4.21. The van der Waals surface area contributed by atoms with Crippen LogP contribution >= 0.6 is 11.8 Å². The van der Waals surface area contributed by atoms with Gasteiger partial charge in [-0.2, -0.15) is 11.8 Å². The smallest absolute Gasteiger partial charge is 0.410 e. The van der Waals surface area contributed by atoms with Gasteiger partial charge in [-0.25, -0.2) is 4.79 Å². The van der Waals surface area contributed by atoms with Crippen molar-refractivity contribution in [3.8, 4) is 0 Å². The van der Waals surface area contributed by atoms with Gasteiger partial charge in [0.1, 0.15) is 13.2 Å². The van der Waals surface area contributed by atoms with Crippen molar-refractivity contribution in [3.05, 3.63) is 35.9 Å². The minimum absolute atomic E-state index is 0.0254. The first-order valence-corrected chi connectivity index (χ1v) is 9.83. The molecule has 1 aromatic rings. The van der Waals surface area contributed by atoms with Crippen molar-refractivity contribution in [3.63, 3.8) is 0 Å². The summed E-state index contributed by atoms with van der Waals surface area (Å²) < 4.78 is 5.18. The Balaban J connectivity index is 1.59. The van der Waals surface area contributed by atoms with Crippen LogP contribution in [0.3, 0.4) is 0 Å². The van der Waals surface area contributed by atoms with E-state index < -0.39 is 6.09 Å². The molecular formula is C18H24N2O3S. The molecule has 0 radical (unpaired) electrons. The van der Waals surface area contributed by atoms with Gasteiger partial charge in [0.15, 0.2) is 0 Å². The van der Waals surface area contributed by atoms with Gasteiger partial charge in [-0.3, -0.25) is 9.69 Å². The Morgan fingerprint density at radius 1 is 1.25 bits per heavy atom. The van der Waals surface area contributed by atoms with Crippen molar-refractivity contribution in [1.29, 1.82) is 0 Å². The number of cyclic esters (lactones) is 1. The van der Waals surface area contributed by atoms with E-state index >= 15 is 0 Å². The Hall–Kier alpha value is -1.69. The maximum Gasteiger partial charge on any atom is 0.410 e. The second-order valence-corrected chi connectivity index (χ2v) is 7.32. The number of carbonyl (C=O) groups excluding carboxylic acids is 2. The second kappa shape index (κ2) is 7.92. The molecule has 0 unspecified atom stereocenters. The number of rotatable bonds is 5. The highest BCUT2D eigenvalue weighted by atomic mass is 32.2. The largest absolute Gasteiger partial charge is 0.447 e. The molecule has 3 rings (SSSR count). The van der Waals surface area contributed by atoms with E-state index in [1.807, 2.05) is 47.0 Å². The van der Waals surface area contributed by atoms with Crippen LogP contribution < -0.4 is 0 Å². The van der Waals surface area contributed by atoms with Crippen molar-refractivity contribution in [1.82, 2.24) is 9.80 Å². The normalized spacial score (nSPS) is 21.9. The Labute approximate surface area is 147 Å². The predicted molar refractivity (Wildman–Crippen MR) is 94.9 cm³/mol. The number of amides is 2. The molecule has 2 amide bonds. The van der Waals surface area contributed by atoms with Crippen LogP contribution in [0, 0.1) is 5.92 Å². The third-order valence-corrected chi connectivity index (χ3v) is 5.64. The molecule has 0 spiro atoms. The SMILES string of the molecule is CSCC1CCN(C(=O)CN2C(=O)OC[C@@H]2c2ccccc2)CC1. The van der Waals surface area contributed by atoms with Crippen LogP contribution in [0.4, 0.5) is 4.79 Å². The summed E-state index contributed by atoms with van der Waals surface area (Å²) in [6, 6.07) is 9.59. The van der Waals surface area contributed by atoms with E-state index in [9.17, 15) is 9.59 Å². The number of piperidine rings is 1. The van der Waals surface area contributed by atoms with E-state index in [4.69, 9.17) is 4.74 Å². The minimum Gasteiger partial charge on any atom is -0.447 e. The number of nitrogens with zero attached hydrogens (tertiary/aromatic N) is 2. The topological polar surface area (TPSA) is 49.9 Å². The first kappa shape index (κ1) is 17.1. The average molecular weight is 348 g/mol. The van der Waals surface area contributed by atoms with Gasteiger partial charge in [-0.15, -0.1) is 0 Å². The zero-order valence-electron chi connectivity index (χ0n) is 14.0. The van der Waals surface area contributed by atoms with Crippen molar-refractivity contribution < 1.29 is 14.3 Å². The Morgan fingerprint density at radius 3 is 2.62 bits per heavy atom. The molecule has 1 aromatic carbocycles. The summed E-state index contributed by atoms with van der Waals surface area (Å²) in [4.78, 5) is 28.1. The van der Waals surface area contributed by atoms with Crippen LogP contribution in [0.2, 0.25) is 0 Å². The highest BCUT2D eigenvalue weighted by molar-refractivity contribution is 7.98. The molecule has 6 heteroatoms. The van der Waals surface area contributed by atoms with Crippen LogP contribution in [-0.2, 0) is 9.53 Å². The molecule has 2 heterocycles. The standard InChI is InChI=1S/C18H24N2O3S/c1-24-13-14-7-9-19(10-8-14)17(21)11-20-16(12-23-18(20)22)15-5-3-2-4-6-15/h2-6,14,16H,7-13H2,1H3/t16-/m1/s1. The molecule has 2 fully saturated rings. The van der Waals surface area contributed by atoms with Crippen molar-refractivity contribution >= 4 is 23.8 Å². The monoisotopic (exact) mass is 348 g/mol. The molecule has 5 nitrogen and oxygen atoms in total. The molecule has 2 aliphatic heterocycles. The highest BCUT2D eigenvalue weighted by Crippen LogP contribution is 2.28. The average Bonchev–Trinajstić information content (AvgIpc) is 2.97. The molecule has 0 N–H and O–H groups in total. The van der Waals surface area contributed by atoms with E-state index in [-0.39, 0.29) is 18.5 Å². The van der Waals surface area contributed by atoms with Gasteiger partial charge in [0, 0.05) is 13.1 Å². The molecule has 2 aliphatic rings. The van der Waals surface area contributed by atoms with Gasteiger partial charge in [0.25, 0.3) is 0 Å². The maximum absolute atomic E-state index is 12.6. The molecule has 0 aliphatic carbocycles. The quantitative estimate of drug-likeness (QED) is 0.821. The number of likely N-dealkylation sites (tertiary alicyclic amines) is 1. The van der Waals surface area contributed by atoms with Crippen LogP contribution in [0.25, 0.3) is 0 Å².